The Kier molecular flexibility index (Phi) is 3.60. The van der Waals surface area contributed by atoms with Gasteiger partial charge in [-0.3, -0.25) is 0 Å². The molecule has 0 aliphatic heterocycles. The van der Waals surface area contributed by atoms with Crippen molar-refractivity contribution in [1.82, 2.24) is 10.1 Å². The van der Waals surface area contributed by atoms with Crippen molar-refractivity contribution >= 4 is 0 Å². The summed E-state index contributed by atoms with van der Waals surface area (Å²) in [4.78, 5) is 4.21. The van der Waals surface area contributed by atoms with Crippen molar-refractivity contribution in [2.24, 2.45) is 0 Å². The Balaban J connectivity index is 2.12. The quantitative estimate of drug-likeness (QED) is 0.833. The van der Waals surface area contributed by atoms with Crippen LogP contribution in [0.3, 0.4) is 0 Å². The molecule has 0 saturated carbocycles. The van der Waals surface area contributed by atoms with Gasteiger partial charge in [-0.15, -0.1) is 0 Å². The summed E-state index contributed by atoms with van der Waals surface area (Å²) in [6, 6.07) is 6.22. The summed E-state index contributed by atoms with van der Waals surface area (Å²) in [6.45, 7) is 5.68. The summed E-state index contributed by atoms with van der Waals surface area (Å²) in [5.74, 6) is 0.918. The van der Waals surface area contributed by atoms with Crippen LogP contribution in [0.1, 0.15) is 44.5 Å². The molecule has 0 N–H and O–H groups in total. The molecule has 2 aromatic rings. The number of halogens is 1. The van der Waals surface area contributed by atoms with Crippen molar-refractivity contribution in [1.29, 1.82) is 0 Å². The number of nitrogens with zero attached hydrogens (tertiary/aromatic N) is 2. The highest BCUT2D eigenvalue weighted by Gasteiger charge is 2.18. The second-order valence-electron chi connectivity index (χ2n) is 4.34. The van der Waals surface area contributed by atoms with Crippen molar-refractivity contribution < 1.29 is 13.7 Å². The fraction of sp³-hybridized carbons (Fsp3) is 0.385. The molecular formula is C13H15FN2O2. The highest BCUT2D eigenvalue weighted by atomic mass is 19.1. The van der Waals surface area contributed by atoms with E-state index < -0.39 is 11.9 Å². The molecule has 0 aliphatic carbocycles. The third-order valence-electron chi connectivity index (χ3n) is 2.46. The zero-order valence-electron chi connectivity index (χ0n) is 10.6. The number of ether oxygens (including phenoxy) is 1. The highest BCUT2D eigenvalue weighted by Crippen LogP contribution is 2.23. The highest BCUT2D eigenvalue weighted by molar-refractivity contribution is 5.24. The van der Waals surface area contributed by atoms with E-state index >= 15 is 0 Å². The van der Waals surface area contributed by atoms with Gasteiger partial charge in [0.1, 0.15) is 0 Å². The molecule has 0 spiro atoms. The van der Waals surface area contributed by atoms with Crippen LogP contribution in [0, 0.1) is 5.82 Å². The van der Waals surface area contributed by atoms with Crippen LogP contribution in [0.2, 0.25) is 0 Å². The van der Waals surface area contributed by atoms with E-state index in [9.17, 15) is 4.39 Å². The molecule has 2 rings (SSSR count). The van der Waals surface area contributed by atoms with Crippen LogP contribution in [0.4, 0.5) is 4.39 Å². The molecule has 0 bridgehead atoms. The van der Waals surface area contributed by atoms with Crippen LogP contribution >= 0.6 is 0 Å². The van der Waals surface area contributed by atoms with E-state index in [0.29, 0.717) is 11.7 Å². The molecule has 96 valence electrons. The van der Waals surface area contributed by atoms with E-state index in [0.717, 1.165) is 0 Å². The Bertz CT molecular complexity index is 525. The first-order valence-electron chi connectivity index (χ1n) is 5.82. The topological polar surface area (TPSA) is 48.2 Å². The third kappa shape index (κ3) is 2.67. The molecule has 0 unspecified atom stereocenters. The molecule has 0 saturated heterocycles. The Morgan fingerprint density at radius 1 is 1.22 bits per heavy atom. The Hall–Kier alpha value is -1.91. The summed E-state index contributed by atoms with van der Waals surface area (Å²) >= 11 is 0. The van der Waals surface area contributed by atoms with Gasteiger partial charge in [-0.05, 0) is 19.1 Å². The minimum absolute atomic E-state index is 0.175. The maximum atomic E-state index is 13.4. The van der Waals surface area contributed by atoms with Crippen LogP contribution in [-0.2, 0) is 0 Å². The van der Waals surface area contributed by atoms with Gasteiger partial charge in [0, 0.05) is 5.92 Å². The maximum absolute atomic E-state index is 13.4. The van der Waals surface area contributed by atoms with Crippen molar-refractivity contribution in [2.75, 3.05) is 0 Å². The SMILES string of the molecule is CC(C)c1noc([C@@H](C)Oc2ccccc2F)n1. The molecule has 0 amide bonds. The lowest BCUT2D eigenvalue weighted by molar-refractivity contribution is 0.169. The standard InChI is InChI=1S/C13H15FN2O2/c1-8(2)12-15-13(18-16-12)9(3)17-11-7-5-4-6-10(11)14/h4-9H,1-3H3/t9-/m1/s1. The number of hydrogen-bond donors (Lipinski definition) is 0. The van der Waals surface area contributed by atoms with Gasteiger partial charge < -0.3 is 9.26 Å². The van der Waals surface area contributed by atoms with E-state index in [1.165, 1.54) is 6.07 Å². The lowest BCUT2D eigenvalue weighted by Crippen LogP contribution is -2.05. The van der Waals surface area contributed by atoms with Crippen molar-refractivity contribution in [3.63, 3.8) is 0 Å². The molecule has 18 heavy (non-hydrogen) atoms. The zero-order valence-corrected chi connectivity index (χ0v) is 10.6. The van der Waals surface area contributed by atoms with Crippen molar-refractivity contribution in [2.45, 2.75) is 32.8 Å². The first-order chi connectivity index (χ1) is 8.58. The zero-order chi connectivity index (χ0) is 13.1. The van der Waals surface area contributed by atoms with Gasteiger partial charge in [-0.2, -0.15) is 4.98 Å². The molecule has 0 aliphatic rings. The van der Waals surface area contributed by atoms with E-state index in [4.69, 9.17) is 9.26 Å². The van der Waals surface area contributed by atoms with E-state index in [1.807, 2.05) is 13.8 Å². The second-order valence-corrected chi connectivity index (χ2v) is 4.34. The largest absolute Gasteiger partial charge is 0.478 e. The van der Waals surface area contributed by atoms with Gasteiger partial charge in [-0.1, -0.05) is 31.1 Å². The third-order valence-corrected chi connectivity index (χ3v) is 2.46. The molecule has 0 fully saturated rings. The molecule has 1 aromatic carbocycles. The fourth-order valence-electron chi connectivity index (χ4n) is 1.43. The summed E-state index contributed by atoms with van der Waals surface area (Å²) < 4.78 is 24.0. The van der Waals surface area contributed by atoms with Gasteiger partial charge in [-0.25, -0.2) is 4.39 Å². The predicted octanol–water partition coefficient (Wildman–Crippen LogP) is 3.47. The maximum Gasteiger partial charge on any atom is 0.267 e. The second kappa shape index (κ2) is 5.16. The Morgan fingerprint density at radius 3 is 2.56 bits per heavy atom. The summed E-state index contributed by atoms with van der Waals surface area (Å²) in [6.07, 6.45) is -0.484. The van der Waals surface area contributed by atoms with Crippen LogP contribution in [0.5, 0.6) is 5.75 Å². The molecule has 0 radical (unpaired) electrons. The summed E-state index contributed by atoms with van der Waals surface area (Å²) in [5, 5.41) is 3.84. The normalized spacial score (nSPS) is 12.7. The number of hydrogen-bond acceptors (Lipinski definition) is 4. The minimum Gasteiger partial charge on any atom is -0.478 e. The van der Waals surface area contributed by atoms with E-state index in [2.05, 4.69) is 10.1 Å². The summed E-state index contributed by atoms with van der Waals surface area (Å²) in [5.41, 5.74) is 0. The molecule has 4 nitrogen and oxygen atoms in total. The lowest BCUT2D eigenvalue weighted by atomic mass is 10.2. The van der Waals surface area contributed by atoms with Gasteiger partial charge in [0.2, 0.25) is 0 Å². The van der Waals surface area contributed by atoms with Gasteiger partial charge in [0.25, 0.3) is 5.89 Å². The molecular weight excluding hydrogens is 235 g/mol. The minimum atomic E-state index is -0.484. The van der Waals surface area contributed by atoms with Crippen LogP contribution in [-0.4, -0.2) is 10.1 Å². The first-order valence-corrected chi connectivity index (χ1v) is 5.82. The van der Waals surface area contributed by atoms with Gasteiger partial charge in [0.05, 0.1) is 0 Å². The van der Waals surface area contributed by atoms with Crippen LogP contribution < -0.4 is 4.74 Å². The average molecular weight is 250 g/mol. The molecule has 5 heteroatoms. The smallest absolute Gasteiger partial charge is 0.267 e. The summed E-state index contributed by atoms with van der Waals surface area (Å²) in [7, 11) is 0. The predicted molar refractivity (Wildman–Crippen MR) is 63.8 cm³/mol. The first kappa shape index (κ1) is 12.5. The number of para-hydroxylation sites is 1. The number of rotatable bonds is 4. The Morgan fingerprint density at radius 2 is 1.94 bits per heavy atom. The average Bonchev–Trinajstić information content (AvgIpc) is 2.81. The van der Waals surface area contributed by atoms with Crippen LogP contribution in [0.25, 0.3) is 0 Å². The molecule has 1 atom stereocenters. The Labute approximate surface area is 105 Å². The van der Waals surface area contributed by atoms with E-state index in [1.54, 1.807) is 25.1 Å². The monoisotopic (exact) mass is 250 g/mol. The van der Waals surface area contributed by atoms with Gasteiger partial charge in [0.15, 0.2) is 23.5 Å². The van der Waals surface area contributed by atoms with Crippen molar-refractivity contribution in [3.05, 3.63) is 41.8 Å². The number of aromatic nitrogens is 2. The van der Waals surface area contributed by atoms with Gasteiger partial charge >= 0.3 is 0 Å². The molecule has 1 heterocycles. The lowest BCUT2D eigenvalue weighted by Gasteiger charge is -2.10. The van der Waals surface area contributed by atoms with Crippen LogP contribution in [0.15, 0.2) is 28.8 Å². The van der Waals surface area contributed by atoms with E-state index in [-0.39, 0.29) is 11.7 Å². The van der Waals surface area contributed by atoms with Crippen molar-refractivity contribution in [3.8, 4) is 5.75 Å². The molecule has 1 aromatic heterocycles. The number of benzene rings is 1. The fourth-order valence-corrected chi connectivity index (χ4v) is 1.43.